The fourth-order valence-corrected chi connectivity index (χ4v) is 14.8. The first kappa shape index (κ1) is 68.8. The molecule has 4 aromatic heterocycles. The van der Waals surface area contributed by atoms with E-state index < -0.39 is 0 Å². The van der Waals surface area contributed by atoms with Gasteiger partial charge in [0.15, 0.2) is 0 Å². The van der Waals surface area contributed by atoms with Crippen LogP contribution in [0.3, 0.4) is 0 Å². The van der Waals surface area contributed by atoms with Crippen molar-refractivity contribution >= 4 is 55.9 Å². The molecular formula is C86H84N6O2Pt2-2. The molecule has 4 heterocycles. The number of hydrogen-bond donors (Lipinski definition) is 2. The molecule has 0 fully saturated rings. The number of aromatic hydroxyl groups is 2. The minimum Gasteiger partial charge on any atom is -0.507 e. The van der Waals surface area contributed by atoms with Crippen molar-refractivity contribution in [3.05, 3.63) is 265 Å². The Morgan fingerprint density at radius 3 is 1.35 bits per heavy atom. The zero-order chi connectivity index (χ0) is 65.0. The van der Waals surface area contributed by atoms with Crippen LogP contribution in [0.1, 0.15) is 153 Å². The van der Waals surface area contributed by atoms with E-state index in [1.54, 1.807) is 12.1 Å². The summed E-state index contributed by atoms with van der Waals surface area (Å²) in [6, 6.07) is 80.8. The third-order valence-corrected chi connectivity index (χ3v) is 19.5. The Morgan fingerprint density at radius 1 is 0.417 bits per heavy atom. The first-order valence-electron chi connectivity index (χ1n) is 34.1. The number of phenols is 2. The average molecular weight is 1620 g/mol. The van der Waals surface area contributed by atoms with Crippen molar-refractivity contribution in [2.24, 2.45) is 0 Å². The first-order valence-corrected chi connectivity index (χ1v) is 34.1. The summed E-state index contributed by atoms with van der Waals surface area (Å²) in [5.41, 5.74) is 16.8. The van der Waals surface area contributed by atoms with E-state index in [4.69, 9.17) is 19.9 Å². The SMILES string of the molecule is CCCCC1(CCCC)c2ccc(-c3[c-]c(N(c4ccccc4)c4cc(C(C)(C)C)ccn4)ccc3)nc2-c2c(O)cccc21.CCCCC1(CCCC)c2ccc(-c3[c-]c(N(c4ccccn4)c4c5ccccc5cc5ccccc45)ccc3)nc2-c2c(O)cccc21.[Pt].[Pt]. The van der Waals surface area contributed by atoms with E-state index in [2.05, 4.69) is 240 Å². The van der Waals surface area contributed by atoms with E-state index in [0.29, 0.717) is 11.5 Å². The molecule has 2 aliphatic rings. The number of fused-ring (bicyclic) bond motifs is 8. The number of unbranched alkanes of at least 4 members (excludes halogenated alkanes) is 4. The fourth-order valence-electron chi connectivity index (χ4n) is 14.8. The molecule has 0 atom stereocenters. The molecule has 8 nitrogen and oxygen atoms in total. The Labute approximate surface area is 596 Å². The Kier molecular flexibility index (Phi) is 21.4. The molecule has 0 saturated carbocycles. The Bertz CT molecular complexity index is 4610. The van der Waals surface area contributed by atoms with Gasteiger partial charge < -0.3 is 20.0 Å². The van der Waals surface area contributed by atoms with Crippen LogP contribution in [0.2, 0.25) is 0 Å². The van der Waals surface area contributed by atoms with Gasteiger partial charge in [0.05, 0.1) is 17.1 Å². The first-order chi connectivity index (χ1) is 45.9. The zero-order valence-corrected chi connectivity index (χ0v) is 60.6. The summed E-state index contributed by atoms with van der Waals surface area (Å²) in [6.45, 7) is 15.7. The summed E-state index contributed by atoms with van der Waals surface area (Å²) in [5.74, 6) is 2.28. The Morgan fingerprint density at radius 2 is 0.875 bits per heavy atom. The minimum atomic E-state index is -0.141. The van der Waals surface area contributed by atoms with Gasteiger partial charge in [-0.15, -0.1) is 59.7 Å². The maximum atomic E-state index is 11.3. The second-order valence-corrected chi connectivity index (χ2v) is 26.6. The van der Waals surface area contributed by atoms with Crippen LogP contribution in [0.15, 0.2) is 225 Å². The van der Waals surface area contributed by atoms with Crippen LogP contribution < -0.4 is 9.80 Å². The summed E-state index contributed by atoms with van der Waals surface area (Å²) in [4.78, 5) is 24.7. The third kappa shape index (κ3) is 13.1. The average Bonchev–Trinajstić information content (AvgIpc) is 1.54. The van der Waals surface area contributed by atoms with Crippen molar-refractivity contribution in [1.29, 1.82) is 0 Å². The summed E-state index contributed by atoms with van der Waals surface area (Å²) in [5, 5.41) is 27.1. The molecule has 492 valence electrons. The molecule has 10 heteroatoms. The van der Waals surface area contributed by atoms with Crippen LogP contribution in [0.5, 0.6) is 11.5 Å². The van der Waals surface area contributed by atoms with Gasteiger partial charge in [-0.05, 0) is 147 Å². The molecule has 2 aliphatic carbocycles. The van der Waals surface area contributed by atoms with Gasteiger partial charge in [0, 0.05) is 92.9 Å². The van der Waals surface area contributed by atoms with Crippen molar-refractivity contribution in [2.45, 2.75) is 142 Å². The van der Waals surface area contributed by atoms with E-state index in [9.17, 15) is 10.2 Å². The number of nitrogens with zero attached hydrogens (tertiary/aromatic N) is 6. The van der Waals surface area contributed by atoms with Gasteiger partial charge in [-0.1, -0.05) is 221 Å². The van der Waals surface area contributed by atoms with Crippen molar-refractivity contribution < 1.29 is 52.3 Å². The van der Waals surface area contributed by atoms with Gasteiger partial charge in [-0.2, -0.15) is 0 Å². The molecule has 0 unspecified atom stereocenters. The standard InChI is InChI=1S/C45H40N3O.C41H44N3O.2Pt/c1-3-5-26-45(27-6-4-2)37-21-14-22-40(49)42(37)43-38(45)24-25-39(47-43)33-17-13-18-34(30-33)48(41-23-11-12-28-46-41)44-35-19-9-7-15-31(35)29-32-16-8-10-20-36(32)44;1-6-8-24-41(25-9-7-2)33-19-14-20-36(45)38(33)39-34(41)21-22-35(43-39)29-15-13-18-32(27-29)44(31-16-11-10-12-17-31)37-28-30(23-26-42-37)40(3,4)5;;/h7-25,28-29,49H,3-6,26-27H2,1-2H3;10-23,26,28,45H,6-9,24-25H2,1-5H3;;/q2*-1;;. The molecule has 0 bridgehead atoms. The van der Waals surface area contributed by atoms with Gasteiger partial charge in [0.1, 0.15) is 23.1 Å². The van der Waals surface area contributed by atoms with Crippen LogP contribution in [0.4, 0.5) is 34.4 Å². The number of benzene rings is 8. The molecule has 12 aromatic rings. The number of hydrogen-bond acceptors (Lipinski definition) is 8. The van der Waals surface area contributed by atoms with E-state index in [1.807, 2.05) is 42.7 Å². The van der Waals surface area contributed by atoms with Crippen molar-refractivity contribution in [1.82, 2.24) is 19.9 Å². The van der Waals surface area contributed by atoms with E-state index in [0.717, 1.165) is 167 Å². The summed E-state index contributed by atoms with van der Waals surface area (Å²) in [7, 11) is 0. The maximum absolute atomic E-state index is 11.3. The van der Waals surface area contributed by atoms with Gasteiger partial charge in [0.25, 0.3) is 0 Å². The molecule has 0 spiro atoms. The number of pyridine rings is 4. The molecule has 0 saturated heterocycles. The van der Waals surface area contributed by atoms with Crippen molar-refractivity contribution in [2.75, 3.05) is 9.80 Å². The second kappa shape index (κ2) is 29.8. The molecule has 0 aliphatic heterocycles. The van der Waals surface area contributed by atoms with Gasteiger partial charge in [0.2, 0.25) is 0 Å². The normalized spacial score (nSPS) is 12.9. The minimum absolute atomic E-state index is 0. The molecule has 0 amide bonds. The molecule has 2 N–H and O–H groups in total. The second-order valence-electron chi connectivity index (χ2n) is 26.6. The Balaban J connectivity index is 0.000000192. The smallest absolute Gasteiger partial charge is 0.136 e. The summed E-state index contributed by atoms with van der Waals surface area (Å²) < 4.78 is 0. The topological polar surface area (TPSA) is 98.5 Å². The fraction of sp³-hybridized carbons (Fsp3) is 0.256. The summed E-state index contributed by atoms with van der Waals surface area (Å²) in [6.07, 6.45) is 17.0. The molecular weight excluding hydrogens is 1540 g/mol. The molecule has 96 heavy (non-hydrogen) atoms. The Hall–Kier alpha value is -8.54. The number of rotatable bonds is 20. The van der Waals surface area contributed by atoms with Gasteiger partial charge in [-0.3, -0.25) is 9.97 Å². The van der Waals surface area contributed by atoms with Crippen LogP contribution in [-0.2, 0) is 58.4 Å². The number of aromatic nitrogens is 4. The zero-order valence-electron chi connectivity index (χ0n) is 56.1. The molecule has 0 radical (unpaired) electrons. The van der Waals surface area contributed by atoms with Gasteiger partial charge >= 0.3 is 0 Å². The van der Waals surface area contributed by atoms with Crippen LogP contribution in [-0.4, -0.2) is 30.1 Å². The predicted octanol–water partition coefficient (Wildman–Crippen LogP) is 23.1. The number of phenolic OH excluding ortho intramolecular Hbond substituents is 2. The third-order valence-electron chi connectivity index (χ3n) is 19.5. The number of anilines is 6. The largest absolute Gasteiger partial charge is 0.507 e. The molecule has 14 rings (SSSR count). The van der Waals surface area contributed by atoms with Crippen LogP contribution >= 0.6 is 0 Å². The molecule has 8 aromatic carbocycles. The monoisotopic (exact) mass is 1620 g/mol. The van der Waals surface area contributed by atoms with Crippen LogP contribution in [0.25, 0.3) is 66.6 Å². The van der Waals surface area contributed by atoms with E-state index in [-0.39, 0.29) is 58.4 Å². The summed E-state index contributed by atoms with van der Waals surface area (Å²) >= 11 is 0. The van der Waals surface area contributed by atoms with E-state index in [1.165, 1.54) is 38.6 Å². The predicted molar refractivity (Wildman–Crippen MR) is 390 cm³/mol. The van der Waals surface area contributed by atoms with E-state index >= 15 is 0 Å². The quantitative estimate of drug-likeness (QED) is 0.0575. The maximum Gasteiger partial charge on any atom is 0.136 e. The van der Waals surface area contributed by atoms with Crippen LogP contribution in [0, 0.1) is 12.1 Å². The number of para-hydroxylation sites is 1. The van der Waals surface area contributed by atoms with Crippen molar-refractivity contribution in [3.8, 4) is 56.5 Å². The van der Waals surface area contributed by atoms with Gasteiger partial charge in [-0.25, -0.2) is 9.97 Å². The van der Waals surface area contributed by atoms with Crippen molar-refractivity contribution in [3.63, 3.8) is 0 Å².